The zero-order chi connectivity index (χ0) is 30.4. The molecule has 0 atom stereocenters. The number of anilines is 1. The van der Waals surface area contributed by atoms with E-state index in [2.05, 4.69) is 41.8 Å². The summed E-state index contributed by atoms with van der Waals surface area (Å²) in [6, 6.07) is 10.9. The molecule has 0 saturated carbocycles. The Morgan fingerprint density at radius 1 is 1.02 bits per heavy atom. The number of amides is 2. The number of aromatic nitrogens is 1. The number of nitrogens with one attached hydrogen (secondary N) is 4. The first-order chi connectivity index (χ1) is 19.1. The van der Waals surface area contributed by atoms with Crippen molar-refractivity contribution in [2.24, 2.45) is 0 Å². The fraction of sp³-hybridized carbons (Fsp3) is 0.346. The summed E-state index contributed by atoms with van der Waals surface area (Å²) in [7, 11) is -4.05. The molecule has 3 rings (SSSR count). The average Bonchev–Trinajstić information content (AvgIpc) is 3.38. The summed E-state index contributed by atoms with van der Waals surface area (Å²) >= 11 is 6.76. The largest absolute Gasteiger partial charge is 0.417 e. The fourth-order valence-electron chi connectivity index (χ4n) is 3.40. The van der Waals surface area contributed by atoms with Gasteiger partial charge in [-0.05, 0) is 47.7 Å². The molecule has 0 spiro atoms. The topological polar surface area (TPSA) is 129 Å². The van der Waals surface area contributed by atoms with Gasteiger partial charge in [0.15, 0.2) is 0 Å². The van der Waals surface area contributed by atoms with E-state index in [0.717, 1.165) is 23.0 Å². The average molecular weight is 632 g/mol. The Hall–Kier alpha value is -3.20. The van der Waals surface area contributed by atoms with Crippen LogP contribution in [0.4, 0.5) is 19.0 Å². The number of hydrogen-bond donors (Lipinski definition) is 4. The Labute approximate surface area is 244 Å². The molecule has 0 bridgehead atoms. The number of carbonyl (C=O) groups excluding carboxylic acids is 2. The summed E-state index contributed by atoms with van der Waals surface area (Å²) in [4.78, 5) is 30.8. The Bertz CT molecular complexity index is 1490. The van der Waals surface area contributed by atoms with Crippen LogP contribution >= 0.6 is 22.9 Å². The minimum absolute atomic E-state index is 0.0314. The molecular formula is C26H29ClF3N5O4S2. The second-order valence-electron chi connectivity index (χ2n) is 9.97. The standard InChI is InChI=1S/C26H29ClF3N5O4S2/c1-25(2,3)17-8-6-16(7-9-17)24(37)33-15-19-10-11-22(40-19)41(38,39)35-34-21(36)5-4-12-31-23-20(27)13-18(14-32-23)26(28,29)30/h6-11,13-14,35H,4-5,12,15H2,1-3H3,(H,31,32)(H,33,37)(H,34,36). The molecule has 4 N–H and O–H groups in total. The van der Waals surface area contributed by atoms with Gasteiger partial charge in [-0.2, -0.15) is 13.2 Å². The number of nitrogens with zero attached hydrogens (tertiary/aromatic N) is 1. The number of halogens is 4. The predicted octanol–water partition coefficient (Wildman–Crippen LogP) is 5.24. The molecule has 0 fully saturated rings. The number of benzene rings is 1. The van der Waals surface area contributed by atoms with Gasteiger partial charge in [0, 0.05) is 29.6 Å². The molecule has 41 heavy (non-hydrogen) atoms. The number of sulfonamides is 1. The van der Waals surface area contributed by atoms with Gasteiger partial charge in [0.2, 0.25) is 5.91 Å². The molecule has 0 aliphatic carbocycles. The zero-order valence-corrected chi connectivity index (χ0v) is 24.7. The minimum atomic E-state index is -4.57. The highest BCUT2D eigenvalue weighted by atomic mass is 35.5. The van der Waals surface area contributed by atoms with E-state index in [9.17, 15) is 31.2 Å². The van der Waals surface area contributed by atoms with E-state index in [4.69, 9.17) is 11.6 Å². The van der Waals surface area contributed by atoms with Crippen molar-refractivity contribution in [3.8, 4) is 0 Å². The first-order valence-electron chi connectivity index (χ1n) is 12.3. The van der Waals surface area contributed by atoms with Crippen molar-refractivity contribution in [1.29, 1.82) is 0 Å². The smallest absolute Gasteiger partial charge is 0.369 e. The van der Waals surface area contributed by atoms with Gasteiger partial charge in [0.1, 0.15) is 10.0 Å². The van der Waals surface area contributed by atoms with Crippen molar-refractivity contribution in [1.82, 2.24) is 20.6 Å². The molecule has 0 saturated heterocycles. The van der Waals surface area contributed by atoms with Crippen LogP contribution in [0.5, 0.6) is 0 Å². The van der Waals surface area contributed by atoms with E-state index in [1.165, 1.54) is 6.07 Å². The third kappa shape index (κ3) is 9.42. The molecule has 0 radical (unpaired) electrons. The highest BCUT2D eigenvalue weighted by Gasteiger charge is 2.31. The minimum Gasteiger partial charge on any atom is -0.369 e. The third-order valence-electron chi connectivity index (χ3n) is 5.70. The predicted molar refractivity (Wildman–Crippen MR) is 151 cm³/mol. The van der Waals surface area contributed by atoms with Gasteiger partial charge in [0.25, 0.3) is 15.9 Å². The summed E-state index contributed by atoms with van der Waals surface area (Å²) in [5.41, 5.74) is 2.68. The van der Waals surface area contributed by atoms with Crippen LogP contribution in [0.25, 0.3) is 0 Å². The molecule has 2 amide bonds. The van der Waals surface area contributed by atoms with E-state index >= 15 is 0 Å². The second kappa shape index (κ2) is 13.2. The third-order valence-corrected chi connectivity index (χ3v) is 8.82. The van der Waals surface area contributed by atoms with Crippen LogP contribution in [0.2, 0.25) is 5.02 Å². The molecule has 9 nitrogen and oxygen atoms in total. The van der Waals surface area contributed by atoms with Gasteiger partial charge in [-0.15, -0.1) is 16.2 Å². The molecular weight excluding hydrogens is 603 g/mol. The van der Waals surface area contributed by atoms with Crippen molar-refractivity contribution in [3.63, 3.8) is 0 Å². The van der Waals surface area contributed by atoms with E-state index < -0.39 is 27.7 Å². The van der Waals surface area contributed by atoms with Crippen LogP contribution in [0, 0.1) is 0 Å². The maximum atomic E-state index is 12.7. The van der Waals surface area contributed by atoms with Crippen LogP contribution in [-0.4, -0.2) is 31.8 Å². The normalized spacial score (nSPS) is 12.2. The number of pyridine rings is 1. The fourth-order valence-corrected chi connectivity index (χ4v) is 5.79. The number of alkyl halides is 3. The highest BCUT2D eigenvalue weighted by Crippen LogP contribution is 2.32. The molecule has 15 heteroatoms. The Kier molecular flexibility index (Phi) is 10.4. The molecule has 0 aliphatic heterocycles. The molecule has 0 aliphatic rings. The van der Waals surface area contributed by atoms with Gasteiger partial charge >= 0.3 is 6.18 Å². The maximum absolute atomic E-state index is 12.7. The van der Waals surface area contributed by atoms with Gasteiger partial charge in [-0.25, -0.2) is 13.4 Å². The van der Waals surface area contributed by atoms with E-state index in [1.54, 1.807) is 18.2 Å². The quantitative estimate of drug-likeness (QED) is 0.169. The molecule has 1 aromatic carbocycles. The Morgan fingerprint density at radius 3 is 2.32 bits per heavy atom. The number of carbonyl (C=O) groups is 2. The first kappa shape index (κ1) is 32.3. The van der Waals surface area contributed by atoms with Crippen LogP contribution < -0.4 is 20.9 Å². The van der Waals surface area contributed by atoms with Gasteiger partial charge < -0.3 is 10.6 Å². The summed E-state index contributed by atoms with van der Waals surface area (Å²) in [6.07, 6.45) is -3.80. The SMILES string of the molecule is CC(C)(C)c1ccc(C(=O)NCc2ccc(S(=O)(=O)NNC(=O)CCCNc3ncc(C(F)(F)F)cc3Cl)s2)cc1. The summed E-state index contributed by atoms with van der Waals surface area (Å²) in [5, 5.41) is 5.27. The lowest BCUT2D eigenvalue weighted by Gasteiger charge is -2.19. The molecule has 2 heterocycles. The second-order valence-corrected chi connectivity index (χ2v) is 13.5. The number of hydrogen-bond acceptors (Lipinski definition) is 7. The van der Waals surface area contributed by atoms with E-state index in [1.807, 2.05) is 17.0 Å². The van der Waals surface area contributed by atoms with Crippen LogP contribution in [0.3, 0.4) is 0 Å². The molecule has 3 aromatic rings. The summed E-state index contributed by atoms with van der Waals surface area (Å²) in [6.45, 7) is 6.50. The highest BCUT2D eigenvalue weighted by molar-refractivity contribution is 7.91. The van der Waals surface area contributed by atoms with Gasteiger partial charge in [0.05, 0.1) is 17.1 Å². The molecule has 2 aromatic heterocycles. The Morgan fingerprint density at radius 2 is 1.71 bits per heavy atom. The summed E-state index contributed by atoms with van der Waals surface area (Å²) < 4.78 is 63.1. The van der Waals surface area contributed by atoms with Crippen molar-refractivity contribution < 1.29 is 31.2 Å². The van der Waals surface area contributed by atoms with Crippen molar-refractivity contribution in [2.75, 3.05) is 11.9 Å². The van der Waals surface area contributed by atoms with Gasteiger partial charge in [-0.3, -0.25) is 15.0 Å². The van der Waals surface area contributed by atoms with Crippen LogP contribution in [-0.2, 0) is 33.0 Å². The monoisotopic (exact) mass is 631 g/mol. The van der Waals surface area contributed by atoms with E-state index in [0.29, 0.717) is 16.6 Å². The summed E-state index contributed by atoms with van der Waals surface area (Å²) in [5.74, 6) is -0.883. The van der Waals surface area contributed by atoms with Crippen molar-refractivity contribution >= 4 is 50.6 Å². The zero-order valence-electron chi connectivity index (χ0n) is 22.4. The van der Waals surface area contributed by atoms with Gasteiger partial charge in [-0.1, -0.05) is 44.5 Å². The maximum Gasteiger partial charge on any atom is 0.417 e. The lowest BCUT2D eigenvalue weighted by Crippen LogP contribution is -2.41. The number of thiophene rings is 1. The molecule has 0 unspecified atom stereocenters. The van der Waals surface area contributed by atoms with Crippen LogP contribution in [0.1, 0.15) is 60.0 Å². The molecule has 222 valence electrons. The van der Waals surface area contributed by atoms with Crippen LogP contribution in [0.15, 0.2) is 52.9 Å². The van der Waals surface area contributed by atoms with E-state index in [-0.39, 0.29) is 52.3 Å². The number of hydrazine groups is 1. The van der Waals surface area contributed by atoms with Crippen molar-refractivity contribution in [2.45, 2.75) is 56.0 Å². The van der Waals surface area contributed by atoms with Crippen molar-refractivity contribution in [3.05, 3.63) is 75.3 Å². The first-order valence-corrected chi connectivity index (χ1v) is 15.0. The lowest BCUT2D eigenvalue weighted by atomic mass is 9.87. The lowest BCUT2D eigenvalue weighted by molar-refractivity contribution is -0.137. The Balaban J connectivity index is 1.42. The number of rotatable bonds is 11.